The summed E-state index contributed by atoms with van der Waals surface area (Å²) in [6.45, 7) is 2.29. The molecule has 154 valence electrons. The molecular formula is C24H26N4O2. The predicted octanol–water partition coefficient (Wildman–Crippen LogP) is 4.24. The zero-order valence-corrected chi connectivity index (χ0v) is 17.1. The van der Waals surface area contributed by atoms with Crippen LogP contribution in [0.25, 0.3) is 5.69 Å². The van der Waals surface area contributed by atoms with Crippen LogP contribution in [0.1, 0.15) is 47.4 Å². The summed E-state index contributed by atoms with van der Waals surface area (Å²) in [5, 5.41) is 10.4. The molecule has 1 fully saturated rings. The Morgan fingerprint density at radius 1 is 1.03 bits per heavy atom. The Kier molecular flexibility index (Phi) is 5.93. The Morgan fingerprint density at radius 2 is 1.80 bits per heavy atom. The number of amides is 2. The van der Waals surface area contributed by atoms with Gasteiger partial charge in [-0.1, -0.05) is 43.2 Å². The third-order valence-corrected chi connectivity index (χ3v) is 5.49. The van der Waals surface area contributed by atoms with Crippen LogP contribution >= 0.6 is 0 Å². The van der Waals surface area contributed by atoms with E-state index >= 15 is 0 Å². The quantitative estimate of drug-likeness (QED) is 0.648. The van der Waals surface area contributed by atoms with E-state index in [1.165, 1.54) is 0 Å². The second-order valence-electron chi connectivity index (χ2n) is 7.77. The van der Waals surface area contributed by atoms with Crippen LogP contribution in [0.4, 0.5) is 5.69 Å². The SMILES string of the molecule is Cc1cc(C(=O)NCc2cccc(NC(=O)C3CCCC3)c2)nn1-c1ccccc1. The fraction of sp³-hybridized carbons (Fsp3) is 0.292. The summed E-state index contributed by atoms with van der Waals surface area (Å²) in [7, 11) is 0. The zero-order chi connectivity index (χ0) is 20.9. The Balaban J connectivity index is 1.38. The first kappa shape index (κ1) is 19.9. The molecule has 1 aromatic heterocycles. The maximum absolute atomic E-state index is 12.6. The van der Waals surface area contributed by atoms with Crippen molar-refractivity contribution in [1.29, 1.82) is 0 Å². The molecule has 6 heteroatoms. The first-order chi connectivity index (χ1) is 14.6. The molecule has 1 aliphatic carbocycles. The molecule has 1 heterocycles. The molecule has 1 saturated carbocycles. The molecule has 0 unspecified atom stereocenters. The maximum Gasteiger partial charge on any atom is 0.272 e. The molecule has 4 rings (SSSR count). The lowest BCUT2D eigenvalue weighted by atomic mass is 10.1. The second-order valence-corrected chi connectivity index (χ2v) is 7.77. The molecule has 1 aliphatic rings. The lowest BCUT2D eigenvalue weighted by Crippen LogP contribution is -2.24. The minimum Gasteiger partial charge on any atom is -0.347 e. The van der Waals surface area contributed by atoms with E-state index in [-0.39, 0.29) is 17.7 Å². The Hall–Kier alpha value is -3.41. The van der Waals surface area contributed by atoms with Gasteiger partial charge < -0.3 is 10.6 Å². The van der Waals surface area contributed by atoms with Gasteiger partial charge in [0.1, 0.15) is 0 Å². The molecule has 6 nitrogen and oxygen atoms in total. The van der Waals surface area contributed by atoms with Crippen LogP contribution in [0.5, 0.6) is 0 Å². The smallest absolute Gasteiger partial charge is 0.272 e. The van der Waals surface area contributed by atoms with Crippen LogP contribution in [0.15, 0.2) is 60.7 Å². The Labute approximate surface area is 176 Å². The minimum absolute atomic E-state index is 0.0932. The van der Waals surface area contributed by atoms with E-state index in [4.69, 9.17) is 0 Å². The normalized spacial score (nSPS) is 13.9. The van der Waals surface area contributed by atoms with E-state index in [1.807, 2.05) is 61.5 Å². The summed E-state index contributed by atoms with van der Waals surface area (Å²) >= 11 is 0. The number of nitrogens with one attached hydrogen (secondary N) is 2. The molecular weight excluding hydrogens is 376 g/mol. The van der Waals surface area contributed by atoms with Gasteiger partial charge in [-0.15, -0.1) is 0 Å². The third-order valence-electron chi connectivity index (χ3n) is 5.49. The summed E-state index contributed by atoms with van der Waals surface area (Å²) in [6.07, 6.45) is 4.20. The first-order valence-electron chi connectivity index (χ1n) is 10.4. The molecule has 0 radical (unpaired) electrons. The van der Waals surface area contributed by atoms with E-state index < -0.39 is 0 Å². The molecule has 2 amide bonds. The van der Waals surface area contributed by atoms with Gasteiger partial charge in [-0.3, -0.25) is 9.59 Å². The number of aromatic nitrogens is 2. The fourth-order valence-corrected chi connectivity index (χ4v) is 3.88. The van der Waals surface area contributed by atoms with Gasteiger partial charge in [0.2, 0.25) is 5.91 Å². The molecule has 3 aromatic rings. The van der Waals surface area contributed by atoms with Crippen LogP contribution in [-0.4, -0.2) is 21.6 Å². The summed E-state index contributed by atoms with van der Waals surface area (Å²) in [5.41, 5.74) is 3.87. The van der Waals surface area contributed by atoms with E-state index in [9.17, 15) is 9.59 Å². The van der Waals surface area contributed by atoms with Gasteiger partial charge in [-0.2, -0.15) is 5.10 Å². The number of hydrogen-bond acceptors (Lipinski definition) is 3. The van der Waals surface area contributed by atoms with Gasteiger partial charge in [0.05, 0.1) is 5.69 Å². The first-order valence-corrected chi connectivity index (χ1v) is 10.4. The lowest BCUT2D eigenvalue weighted by molar-refractivity contribution is -0.119. The molecule has 0 saturated heterocycles. The van der Waals surface area contributed by atoms with Crippen molar-refractivity contribution >= 4 is 17.5 Å². The number of anilines is 1. The monoisotopic (exact) mass is 402 g/mol. The largest absolute Gasteiger partial charge is 0.347 e. The number of aryl methyl sites for hydroxylation is 1. The van der Waals surface area contributed by atoms with Crippen molar-refractivity contribution in [2.75, 3.05) is 5.32 Å². The number of benzene rings is 2. The number of carbonyl (C=O) groups excluding carboxylic acids is 2. The van der Waals surface area contributed by atoms with Gasteiger partial charge in [0, 0.05) is 23.8 Å². The van der Waals surface area contributed by atoms with Gasteiger partial charge in [-0.05, 0) is 55.7 Å². The molecule has 0 aliphatic heterocycles. The van der Waals surface area contributed by atoms with Crippen LogP contribution in [0, 0.1) is 12.8 Å². The molecule has 2 aromatic carbocycles. The van der Waals surface area contributed by atoms with Crippen molar-refractivity contribution in [3.63, 3.8) is 0 Å². The fourth-order valence-electron chi connectivity index (χ4n) is 3.88. The topological polar surface area (TPSA) is 76.0 Å². The molecule has 30 heavy (non-hydrogen) atoms. The highest BCUT2D eigenvalue weighted by Gasteiger charge is 2.22. The minimum atomic E-state index is -0.229. The van der Waals surface area contributed by atoms with Crippen LogP contribution in [-0.2, 0) is 11.3 Å². The Bertz CT molecular complexity index is 1040. The van der Waals surface area contributed by atoms with Crippen LogP contribution in [0.3, 0.4) is 0 Å². The van der Waals surface area contributed by atoms with Gasteiger partial charge in [-0.25, -0.2) is 4.68 Å². The van der Waals surface area contributed by atoms with Crippen molar-refractivity contribution in [3.8, 4) is 5.69 Å². The highest BCUT2D eigenvalue weighted by Crippen LogP contribution is 2.26. The van der Waals surface area contributed by atoms with Crippen LogP contribution < -0.4 is 10.6 Å². The average Bonchev–Trinajstić information content (AvgIpc) is 3.43. The highest BCUT2D eigenvalue weighted by molar-refractivity contribution is 5.93. The van der Waals surface area contributed by atoms with Crippen LogP contribution in [0.2, 0.25) is 0 Å². The number of nitrogens with zero attached hydrogens (tertiary/aromatic N) is 2. The van der Waals surface area contributed by atoms with Gasteiger partial charge >= 0.3 is 0 Å². The molecule has 0 atom stereocenters. The molecule has 0 spiro atoms. The van der Waals surface area contributed by atoms with E-state index in [0.717, 1.165) is 48.3 Å². The number of carbonyl (C=O) groups is 2. The van der Waals surface area contributed by atoms with E-state index in [0.29, 0.717) is 12.2 Å². The van der Waals surface area contributed by atoms with Crippen molar-refractivity contribution in [2.45, 2.75) is 39.2 Å². The van der Waals surface area contributed by atoms with Crippen molar-refractivity contribution in [3.05, 3.63) is 77.6 Å². The molecule has 2 N–H and O–H groups in total. The summed E-state index contributed by atoms with van der Waals surface area (Å²) < 4.78 is 1.76. The van der Waals surface area contributed by atoms with E-state index in [1.54, 1.807) is 10.7 Å². The highest BCUT2D eigenvalue weighted by atomic mass is 16.2. The second kappa shape index (κ2) is 8.95. The predicted molar refractivity (Wildman–Crippen MR) is 117 cm³/mol. The average molecular weight is 402 g/mol. The Morgan fingerprint density at radius 3 is 2.57 bits per heavy atom. The van der Waals surface area contributed by atoms with Gasteiger partial charge in [0.15, 0.2) is 5.69 Å². The summed E-state index contributed by atoms with van der Waals surface area (Å²) in [6, 6.07) is 19.1. The summed E-state index contributed by atoms with van der Waals surface area (Å²) in [4.78, 5) is 24.9. The number of hydrogen-bond donors (Lipinski definition) is 2. The van der Waals surface area contributed by atoms with Crippen molar-refractivity contribution in [2.24, 2.45) is 5.92 Å². The standard InChI is InChI=1S/C24H26N4O2/c1-17-14-22(27-28(17)21-12-3-2-4-13-21)24(30)25-16-18-8-7-11-20(15-18)26-23(29)19-9-5-6-10-19/h2-4,7-8,11-15,19H,5-6,9-10,16H2,1H3,(H,25,30)(H,26,29). The van der Waals surface area contributed by atoms with Gasteiger partial charge in [0.25, 0.3) is 5.91 Å². The van der Waals surface area contributed by atoms with E-state index in [2.05, 4.69) is 15.7 Å². The number of rotatable bonds is 6. The van der Waals surface area contributed by atoms with Crippen molar-refractivity contribution < 1.29 is 9.59 Å². The molecule has 0 bridgehead atoms. The summed E-state index contributed by atoms with van der Waals surface area (Å²) in [5.74, 6) is -0.0138. The van der Waals surface area contributed by atoms with Crippen molar-refractivity contribution in [1.82, 2.24) is 15.1 Å². The lowest BCUT2D eigenvalue weighted by Gasteiger charge is -2.11. The maximum atomic E-state index is 12.6. The zero-order valence-electron chi connectivity index (χ0n) is 17.1. The number of para-hydroxylation sites is 1. The third kappa shape index (κ3) is 4.59.